The summed E-state index contributed by atoms with van der Waals surface area (Å²) in [6, 6.07) is -0.670. The van der Waals surface area contributed by atoms with E-state index in [0.29, 0.717) is 19.4 Å². The molecule has 5 atom stereocenters. The second-order valence-electron chi connectivity index (χ2n) is 6.39. The van der Waals surface area contributed by atoms with Crippen LogP contribution in [0.4, 0.5) is 0 Å². The van der Waals surface area contributed by atoms with Crippen molar-refractivity contribution in [2.24, 2.45) is 23.7 Å². The van der Waals surface area contributed by atoms with Crippen LogP contribution in [0.1, 0.15) is 32.1 Å². The minimum Gasteiger partial charge on any atom is -0.481 e. The molecule has 3 aliphatic rings. The van der Waals surface area contributed by atoms with E-state index in [2.05, 4.69) is 0 Å². The van der Waals surface area contributed by atoms with Crippen LogP contribution in [0.25, 0.3) is 0 Å². The highest BCUT2D eigenvalue weighted by Crippen LogP contribution is 2.53. The van der Waals surface area contributed by atoms with Gasteiger partial charge in [0.05, 0.1) is 11.8 Å². The maximum Gasteiger partial charge on any atom is 0.307 e. The molecule has 0 aromatic rings. The zero-order valence-electron chi connectivity index (χ0n) is 11.7. The van der Waals surface area contributed by atoms with E-state index in [9.17, 15) is 19.5 Å². The molecule has 3 N–H and O–H groups in total. The maximum atomic E-state index is 12.8. The predicted molar refractivity (Wildman–Crippen MR) is 70.1 cm³/mol. The molecule has 2 amide bonds. The Kier molecular flexibility index (Phi) is 3.61. The second kappa shape index (κ2) is 5.29. The van der Waals surface area contributed by atoms with Gasteiger partial charge in [0, 0.05) is 6.54 Å². The van der Waals surface area contributed by atoms with E-state index in [-0.39, 0.29) is 17.7 Å². The molecular weight excluding hydrogens is 276 g/mol. The van der Waals surface area contributed by atoms with Crippen LogP contribution in [0.5, 0.6) is 0 Å². The monoisotopic (exact) mass is 296 g/mol. The smallest absolute Gasteiger partial charge is 0.307 e. The molecule has 1 aliphatic heterocycles. The molecule has 2 aliphatic carbocycles. The van der Waals surface area contributed by atoms with Gasteiger partial charge in [-0.2, -0.15) is 0 Å². The topological polar surface area (TPSA) is 107 Å². The highest BCUT2D eigenvalue weighted by atomic mass is 16.5. The number of nitrogens with zero attached hydrogens (tertiary/aromatic N) is 1. The van der Waals surface area contributed by atoms with Crippen molar-refractivity contribution in [3.8, 4) is 0 Å². The summed E-state index contributed by atoms with van der Waals surface area (Å²) in [7, 11) is 0. The van der Waals surface area contributed by atoms with Crippen molar-refractivity contribution >= 4 is 17.8 Å². The van der Waals surface area contributed by atoms with Crippen LogP contribution >= 0.6 is 0 Å². The molecule has 0 spiro atoms. The lowest BCUT2D eigenvalue weighted by molar-refractivity contribution is -0.154. The summed E-state index contributed by atoms with van der Waals surface area (Å²) in [6.45, 7) is 0.456. The van der Waals surface area contributed by atoms with Gasteiger partial charge < -0.3 is 10.0 Å². The Morgan fingerprint density at radius 2 is 1.71 bits per heavy atom. The predicted octanol–water partition coefficient (Wildman–Crippen LogP) is 0.230. The van der Waals surface area contributed by atoms with Crippen LogP contribution in [-0.4, -0.2) is 45.6 Å². The molecule has 1 saturated heterocycles. The van der Waals surface area contributed by atoms with Gasteiger partial charge in [-0.05, 0) is 43.9 Å². The summed E-state index contributed by atoms with van der Waals surface area (Å²) in [5.74, 6) is -2.61. The summed E-state index contributed by atoms with van der Waals surface area (Å²) in [4.78, 5) is 37.4. The molecular formula is C14H20N2O5. The fraction of sp³-hybridized carbons (Fsp3) is 0.786. The van der Waals surface area contributed by atoms with Crippen molar-refractivity contribution in [2.45, 2.75) is 38.1 Å². The fourth-order valence-electron chi connectivity index (χ4n) is 4.57. The van der Waals surface area contributed by atoms with Crippen LogP contribution < -0.4 is 5.48 Å². The summed E-state index contributed by atoms with van der Waals surface area (Å²) in [5, 5.41) is 18.2. The van der Waals surface area contributed by atoms with Crippen molar-refractivity contribution in [3.63, 3.8) is 0 Å². The Morgan fingerprint density at radius 1 is 1.05 bits per heavy atom. The Hall–Kier alpha value is -1.63. The van der Waals surface area contributed by atoms with Gasteiger partial charge in [-0.3, -0.25) is 19.6 Å². The lowest BCUT2D eigenvalue weighted by Gasteiger charge is -2.32. The first-order valence-corrected chi connectivity index (χ1v) is 7.51. The van der Waals surface area contributed by atoms with E-state index in [0.717, 1.165) is 19.3 Å². The van der Waals surface area contributed by atoms with Gasteiger partial charge in [0.25, 0.3) is 5.91 Å². The Labute approximate surface area is 122 Å². The van der Waals surface area contributed by atoms with E-state index in [1.54, 1.807) is 5.48 Å². The Morgan fingerprint density at radius 3 is 2.33 bits per heavy atom. The Bertz CT molecular complexity index is 480. The highest BCUT2D eigenvalue weighted by Gasteiger charge is 2.55. The van der Waals surface area contributed by atoms with Gasteiger partial charge in [-0.25, -0.2) is 5.48 Å². The zero-order valence-corrected chi connectivity index (χ0v) is 11.7. The number of carbonyl (C=O) groups excluding carboxylic acids is 2. The second-order valence-corrected chi connectivity index (χ2v) is 6.39. The number of amides is 2. The number of carbonyl (C=O) groups is 3. The van der Waals surface area contributed by atoms with Gasteiger partial charge in [0.1, 0.15) is 6.04 Å². The van der Waals surface area contributed by atoms with Crippen molar-refractivity contribution in [2.75, 3.05) is 6.54 Å². The van der Waals surface area contributed by atoms with Crippen molar-refractivity contribution in [3.05, 3.63) is 0 Å². The van der Waals surface area contributed by atoms with E-state index >= 15 is 0 Å². The molecule has 7 heteroatoms. The first kappa shape index (κ1) is 14.3. The normalized spacial score (nSPS) is 37.8. The van der Waals surface area contributed by atoms with Crippen LogP contribution in [0.3, 0.4) is 0 Å². The fourth-order valence-corrected chi connectivity index (χ4v) is 4.57. The summed E-state index contributed by atoms with van der Waals surface area (Å²) in [5.41, 5.74) is 1.60. The largest absolute Gasteiger partial charge is 0.481 e. The molecule has 0 radical (unpaired) electrons. The van der Waals surface area contributed by atoms with Crippen molar-refractivity contribution in [1.29, 1.82) is 0 Å². The van der Waals surface area contributed by atoms with E-state index in [4.69, 9.17) is 5.21 Å². The van der Waals surface area contributed by atoms with Crippen molar-refractivity contribution in [1.82, 2.24) is 10.4 Å². The molecule has 3 fully saturated rings. The van der Waals surface area contributed by atoms with Gasteiger partial charge in [0.2, 0.25) is 5.91 Å². The third-order valence-electron chi connectivity index (χ3n) is 5.44. The third kappa shape index (κ3) is 2.19. The van der Waals surface area contributed by atoms with Crippen molar-refractivity contribution < 1.29 is 24.7 Å². The number of fused-ring (bicyclic) bond motifs is 2. The molecule has 0 aromatic heterocycles. The lowest BCUT2D eigenvalue weighted by atomic mass is 9.78. The number of aliphatic carboxylic acids is 1. The molecule has 2 bridgehead atoms. The average Bonchev–Trinajstić information content (AvgIpc) is 3.18. The molecule has 1 heterocycles. The lowest BCUT2D eigenvalue weighted by Crippen LogP contribution is -2.50. The summed E-state index contributed by atoms with van der Waals surface area (Å²) < 4.78 is 0. The van der Waals surface area contributed by atoms with Crippen LogP contribution in [0, 0.1) is 23.7 Å². The van der Waals surface area contributed by atoms with E-state index < -0.39 is 29.8 Å². The minimum atomic E-state index is -0.900. The SMILES string of the molecule is O=C(O)[C@H]1[C@@H]2CC[C@@H](C2)[C@H]1C(=O)N1CCC[C@H]1C(=O)NO. The van der Waals surface area contributed by atoms with Gasteiger partial charge in [-0.1, -0.05) is 0 Å². The Balaban J connectivity index is 1.81. The molecule has 3 rings (SSSR count). The summed E-state index contributed by atoms with van der Waals surface area (Å²) >= 11 is 0. The minimum absolute atomic E-state index is 0.0918. The molecule has 0 aromatic carbocycles. The van der Waals surface area contributed by atoms with Gasteiger partial charge in [-0.15, -0.1) is 0 Å². The molecule has 0 unspecified atom stereocenters. The summed E-state index contributed by atoms with van der Waals surface area (Å²) in [6.07, 6.45) is 3.79. The zero-order chi connectivity index (χ0) is 15.1. The highest BCUT2D eigenvalue weighted by molar-refractivity contribution is 5.91. The van der Waals surface area contributed by atoms with Gasteiger partial charge >= 0.3 is 5.97 Å². The third-order valence-corrected chi connectivity index (χ3v) is 5.44. The van der Waals surface area contributed by atoms with E-state index in [1.807, 2.05) is 0 Å². The van der Waals surface area contributed by atoms with Crippen LogP contribution in [-0.2, 0) is 14.4 Å². The maximum absolute atomic E-state index is 12.8. The first-order valence-electron chi connectivity index (χ1n) is 7.51. The van der Waals surface area contributed by atoms with E-state index in [1.165, 1.54) is 4.90 Å². The number of hydroxylamine groups is 1. The van der Waals surface area contributed by atoms with Crippen LogP contribution in [0.2, 0.25) is 0 Å². The average molecular weight is 296 g/mol. The number of carboxylic acids is 1. The number of likely N-dealkylation sites (tertiary alicyclic amines) is 1. The number of carboxylic acid groups (broad SMARTS) is 1. The molecule has 7 nitrogen and oxygen atoms in total. The number of hydrogen-bond acceptors (Lipinski definition) is 4. The van der Waals surface area contributed by atoms with Crippen LogP contribution in [0.15, 0.2) is 0 Å². The quantitative estimate of drug-likeness (QED) is 0.510. The molecule has 116 valence electrons. The van der Waals surface area contributed by atoms with Gasteiger partial charge in [0.15, 0.2) is 0 Å². The molecule has 2 saturated carbocycles. The number of hydrogen-bond donors (Lipinski definition) is 3. The first-order chi connectivity index (χ1) is 10.0. The molecule has 21 heavy (non-hydrogen) atoms. The standard InChI is InChI=1S/C14H20N2O5/c17-12(15-21)9-2-1-5-16(9)13(18)10-7-3-4-8(6-7)11(10)14(19)20/h7-11,21H,1-6H2,(H,15,17)(H,19,20)/t7-,8+,9-,10+,11-/m0/s1. The number of rotatable bonds is 3. The number of nitrogens with one attached hydrogen (secondary N) is 1.